The highest BCUT2D eigenvalue weighted by Crippen LogP contribution is 2.38. The van der Waals surface area contributed by atoms with Crippen LogP contribution < -0.4 is 4.89 Å². The number of hydrogen-bond donors (Lipinski definition) is 0. The molecule has 0 aliphatic heterocycles. The van der Waals surface area contributed by atoms with Crippen molar-refractivity contribution in [2.24, 2.45) is 0 Å². The lowest BCUT2D eigenvalue weighted by molar-refractivity contribution is -0.870. The van der Waals surface area contributed by atoms with Crippen molar-refractivity contribution in [1.29, 1.82) is 0 Å². The van der Waals surface area contributed by atoms with Crippen molar-refractivity contribution in [2.75, 3.05) is 47.5 Å². The van der Waals surface area contributed by atoms with E-state index < -0.39 is 32.5 Å². The van der Waals surface area contributed by atoms with Crippen LogP contribution in [-0.4, -0.2) is 70.0 Å². The first-order valence-electron chi connectivity index (χ1n) is 21.3. The van der Waals surface area contributed by atoms with Crippen molar-refractivity contribution in [3.05, 3.63) is 48.6 Å². The van der Waals surface area contributed by atoms with Crippen LogP contribution in [0.15, 0.2) is 48.6 Å². The zero-order valence-electron chi connectivity index (χ0n) is 35.2. The summed E-state index contributed by atoms with van der Waals surface area (Å²) >= 11 is 0. The zero-order valence-corrected chi connectivity index (χ0v) is 36.0. The van der Waals surface area contributed by atoms with Gasteiger partial charge in [-0.15, -0.1) is 0 Å². The highest BCUT2D eigenvalue weighted by Gasteiger charge is 2.21. The number of likely N-dealkylation sites (N-methyl/N-ethyl adjacent to an activating group) is 1. The summed E-state index contributed by atoms with van der Waals surface area (Å²) in [5.41, 5.74) is 0. The van der Waals surface area contributed by atoms with E-state index >= 15 is 0 Å². The van der Waals surface area contributed by atoms with Gasteiger partial charge in [-0.25, -0.2) is 0 Å². The van der Waals surface area contributed by atoms with Gasteiger partial charge in [0.05, 0.1) is 27.7 Å². The van der Waals surface area contributed by atoms with Gasteiger partial charge < -0.3 is 27.9 Å². The summed E-state index contributed by atoms with van der Waals surface area (Å²) in [6.07, 6.45) is 41.4. The highest BCUT2D eigenvalue weighted by atomic mass is 31.2. The molecule has 0 fully saturated rings. The number of quaternary nitrogens is 1. The number of phosphoric acid groups is 1. The van der Waals surface area contributed by atoms with Crippen molar-refractivity contribution < 1.29 is 42.1 Å². The minimum atomic E-state index is -4.63. The molecule has 0 bridgehead atoms. The molecule has 0 N–H and O–H groups in total. The number of hydrogen-bond acceptors (Lipinski definition) is 8. The normalized spacial score (nSPS) is 14.1. The van der Waals surface area contributed by atoms with E-state index in [9.17, 15) is 19.0 Å². The minimum Gasteiger partial charge on any atom is -0.756 e. The Bertz CT molecular complexity index is 1070. The molecule has 0 aromatic heterocycles. The molecule has 0 saturated carbocycles. The molecule has 0 saturated heterocycles. The lowest BCUT2D eigenvalue weighted by Gasteiger charge is -2.28. The van der Waals surface area contributed by atoms with Gasteiger partial charge in [-0.05, 0) is 70.6 Å². The van der Waals surface area contributed by atoms with E-state index in [1.165, 1.54) is 64.2 Å². The standard InChI is InChI=1S/C44H80NO8P/c1-6-8-10-12-14-16-18-20-21-22-23-25-26-28-30-32-34-36-43(46)50-40-42(41-52-54(48,49)51-39-38-45(3,4)5)53-44(47)37-35-33-31-29-27-24-19-17-15-13-11-9-7-2/h17,19-21,23,25,28,30,42H,6-16,18,22,24,26-27,29,31-41H2,1-5H3/b19-17-,21-20-,25-23-,30-28-/t42-/m1/s1. The number of rotatable bonds is 38. The average molecular weight is 782 g/mol. The Hall–Kier alpha value is -2.03. The minimum absolute atomic E-state index is 0.0412. The molecule has 1 unspecified atom stereocenters. The van der Waals surface area contributed by atoms with Gasteiger partial charge in [0.15, 0.2) is 6.10 Å². The van der Waals surface area contributed by atoms with Crippen molar-refractivity contribution in [3.63, 3.8) is 0 Å². The number of phosphoric ester groups is 1. The fourth-order valence-electron chi connectivity index (χ4n) is 5.43. The summed E-state index contributed by atoms with van der Waals surface area (Å²) in [6.45, 7) is 4.12. The smallest absolute Gasteiger partial charge is 0.306 e. The Balaban J connectivity index is 4.48. The predicted octanol–water partition coefficient (Wildman–Crippen LogP) is 11.3. The van der Waals surface area contributed by atoms with Gasteiger partial charge in [-0.3, -0.25) is 14.2 Å². The lowest BCUT2D eigenvalue weighted by atomic mass is 10.1. The number of carbonyl (C=O) groups excluding carboxylic acids is 2. The molecule has 9 nitrogen and oxygen atoms in total. The van der Waals surface area contributed by atoms with Crippen LogP contribution >= 0.6 is 7.82 Å². The van der Waals surface area contributed by atoms with Crippen LogP contribution in [-0.2, 0) is 32.7 Å². The molecule has 0 aromatic carbocycles. The van der Waals surface area contributed by atoms with Crippen LogP contribution in [0.25, 0.3) is 0 Å². The van der Waals surface area contributed by atoms with Gasteiger partial charge >= 0.3 is 11.9 Å². The van der Waals surface area contributed by atoms with Gasteiger partial charge in [0.25, 0.3) is 7.82 Å². The molecule has 10 heteroatoms. The number of nitrogens with zero attached hydrogens (tertiary/aromatic N) is 1. The highest BCUT2D eigenvalue weighted by molar-refractivity contribution is 7.45. The third-order valence-electron chi connectivity index (χ3n) is 8.82. The Morgan fingerprint density at radius 3 is 1.57 bits per heavy atom. The second-order valence-electron chi connectivity index (χ2n) is 15.3. The first kappa shape index (κ1) is 52.0. The zero-order chi connectivity index (χ0) is 40.0. The number of ether oxygens (including phenoxy) is 2. The molecule has 0 spiro atoms. The quantitative estimate of drug-likeness (QED) is 0.0200. The van der Waals surface area contributed by atoms with E-state index in [2.05, 4.69) is 62.5 Å². The fraction of sp³-hybridized carbons (Fsp3) is 0.773. The van der Waals surface area contributed by atoms with Gasteiger partial charge in [0.1, 0.15) is 19.8 Å². The SMILES string of the molecule is CCCCCC/C=C\CCCCCCCC(=O)O[C@H](COC(=O)CCC/C=C\C/C=C\C/C=C\CCCCCCCC)COP(=O)([O-])OCC[N+](C)(C)C. The number of allylic oxidation sites excluding steroid dienone is 8. The largest absolute Gasteiger partial charge is 0.756 e. The van der Waals surface area contributed by atoms with Crippen molar-refractivity contribution in [2.45, 2.75) is 174 Å². The second-order valence-corrected chi connectivity index (χ2v) is 16.8. The molecule has 0 aromatic rings. The molecule has 54 heavy (non-hydrogen) atoms. The molecule has 0 amide bonds. The monoisotopic (exact) mass is 782 g/mol. The second kappa shape index (κ2) is 36.6. The Morgan fingerprint density at radius 1 is 0.574 bits per heavy atom. The van der Waals surface area contributed by atoms with E-state index in [0.717, 1.165) is 64.2 Å². The summed E-state index contributed by atoms with van der Waals surface area (Å²) < 4.78 is 33.8. The summed E-state index contributed by atoms with van der Waals surface area (Å²) in [5.74, 6) is -0.909. The Kier molecular flexibility index (Phi) is 35.2. The lowest BCUT2D eigenvalue weighted by Crippen LogP contribution is -2.37. The molecule has 0 heterocycles. The van der Waals surface area contributed by atoms with Crippen LogP contribution in [0.4, 0.5) is 0 Å². The summed E-state index contributed by atoms with van der Waals surface area (Å²) in [6, 6.07) is 0. The Morgan fingerprint density at radius 2 is 1.02 bits per heavy atom. The maximum absolute atomic E-state index is 12.6. The van der Waals surface area contributed by atoms with Crippen LogP contribution in [0, 0.1) is 0 Å². The van der Waals surface area contributed by atoms with Gasteiger partial charge in [0, 0.05) is 12.8 Å². The predicted molar refractivity (Wildman–Crippen MR) is 222 cm³/mol. The molecule has 0 aliphatic rings. The fourth-order valence-corrected chi connectivity index (χ4v) is 6.16. The molecule has 0 radical (unpaired) electrons. The topological polar surface area (TPSA) is 111 Å². The average Bonchev–Trinajstić information content (AvgIpc) is 3.12. The van der Waals surface area contributed by atoms with Crippen molar-refractivity contribution >= 4 is 19.8 Å². The maximum atomic E-state index is 12.6. The molecule has 0 rings (SSSR count). The van der Waals surface area contributed by atoms with E-state index in [1.54, 1.807) is 0 Å². The van der Waals surface area contributed by atoms with Gasteiger partial charge in [-0.2, -0.15) is 0 Å². The van der Waals surface area contributed by atoms with Crippen LogP contribution in [0.1, 0.15) is 168 Å². The van der Waals surface area contributed by atoms with Crippen molar-refractivity contribution in [3.8, 4) is 0 Å². The van der Waals surface area contributed by atoms with Crippen LogP contribution in [0.5, 0.6) is 0 Å². The van der Waals surface area contributed by atoms with E-state index in [0.29, 0.717) is 23.9 Å². The first-order valence-corrected chi connectivity index (χ1v) is 22.8. The third kappa shape index (κ3) is 39.7. The van der Waals surface area contributed by atoms with Crippen molar-refractivity contribution in [1.82, 2.24) is 0 Å². The summed E-state index contributed by atoms with van der Waals surface area (Å²) in [5, 5.41) is 0. The van der Waals surface area contributed by atoms with Crippen LogP contribution in [0.3, 0.4) is 0 Å². The molecule has 0 aliphatic carbocycles. The molecular weight excluding hydrogens is 701 g/mol. The number of carbonyl (C=O) groups is 2. The van der Waals surface area contributed by atoms with Gasteiger partial charge in [0.2, 0.25) is 0 Å². The summed E-state index contributed by atoms with van der Waals surface area (Å²) in [4.78, 5) is 37.4. The molecular formula is C44H80NO8P. The van der Waals surface area contributed by atoms with Crippen LogP contribution in [0.2, 0.25) is 0 Å². The van der Waals surface area contributed by atoms with E-state index in [-0.39, 0.29) is 26.1 Å². The maximum Gasteiger partial charge on any atom is 0.306 e. The number of esters is 2. The first-order chi connectivity index (χ1) is 26.0. The van der Waals surface area contributed by atoms with Gasteiger partial charge in [-0.1, -0.05) is 133 Å². The third-order valence-corrected chi connectivity index (χ3v) is 9.79. The van der Waals surface area contributed by atoms with E-state index in [4.69, 9.17) is 18.5 Å². The molecule has 2 atom stereocenters. The van der Waals surface area contributed by atoms with E-state index in [1.807, 2.05) is 21.1 Å². The number of unbranched alkanes of at least 4 members (excludes halogenated alkanes) is 16. The summed E-state index contributed by atoms with van der Waals surface area (Å²) in [7, 11) is 1.13. The molecule has 314 valence electrons. The Labute approximate surface area is 331 Å².